The van der Waals surface area contributed by atoms with Crippen molar-refractivity contribution >= 4 is 45.1 Å². The normalized spacial score (nSPS) is 11.3. The number of hydrogen-bond acceptors (Lipinski definition) is 4. The molecule has 0 aliphatic carbocycles. The van der Waals surface area contributed by atoms with Crippen LogP contribution in [-0.2, 0) is 6.42 Å². The minimum atomic E-state index is -0.548. The van der Waals surface area contributed by atoms with Crippen LogP contribution < -0.4 is 11.3 Å². The summed E-state index contributed by atoms with van der Waals surface area (Å²) >= 11 is 11.9. The van der Waals surface area contributed by atoms with E-state index in [0.29, 0.717) is 26.6 Å². The van der Waals surface area contributed by atoms with Gasteiger partial charge in [0.2, 0.25) is 0 Å². The second kappa shape index (κ2) is 6.06. The van der Waals surface area contributed by atoms with Crippen molar-refractivity contribution in [2.24, 2.45) is 0 Å². The lowest BCUT2D eigenvalue weighted by molar-refractivity contribution is 0.537. The maximum atomic E-state index is 12.4. The molecule has 0 radical (unpaired) electrons. The summed E-state index contributed by atoms with van der Waals surface area (Å²) < 4.78 is 10.7. The Balaban J connectivity index is 1.91. The number of para-hydroxylation sites is 1. The molecule has 0 fully saturated rings. The fraction of sp³-hybridized carbons (Fsp3) is 0.0526. The molecule has 0 aliphatic heterocycles. The third-order valence-electron chi connectivity index (χ3n) is 3.95. The minimum absolute atomic E-state index is 0.230. The van der Waals surface area contributed by atoms with Gasteiger partial charge in [-0.2, -0.15) is 0 Å². The van der Waals surface area contributed by atoms with Crippen molar-refractivity contribution in [2.75, 3.05) is 0 Å². The second-order valence-electron chi connectivity index (χ2n) is 5.61. The number of fused-ring (bicyclic) bond motifs is 3. The fourth-order valence-electron chi connectivity index (χ4n) is 2.75. The predicted molar refractivity (Wildman–Crippen MR) is 97.8 cm³/mol. The Morgan fingerprint density at radius 3 is 2.40 bits per heavy atom. The zero-order valence-electron chi connectivity index (χ0n) is 12.7. The van der Waals surface area contributed by atoms with E-state index in [9.17, 15) is 9.59 Å². The Bertz CT molecular complexity index is 1240. The molecule has 124 valence electrons. The quantitative estimate of drug-likeness (QED) is 0.374. The highest BCUT2D eigenvalue weighted by atomic mass is 35.5. The van der Waals surface area contributed by atoms with E-state index in [-0.39, 0.29) is 17.4 Å². The SMILES string of the molecule is O=c1oc2c(cc1Cc1ccc(Cl)c(Cl)c1)c(=O)oc1ccccc12. The summed E-state index contributed by atoms with van der Waals surface area (Å²) in [5.74, 6) is 0. The Hall–Kier alpha value is -2.56. The molecule has 6 heteroatoms. The first-order valence-corrected chi connectivity index (χ1v) is 8.21. The summed E-state index contributed by atoms with van der Waals surface area (Å²) in [4.78, 5) is 24.6. The smallest absolute Gasteiger partial charge is 0.347 e. The van der Waals surface area contributed by atoms with E-state index in [1.165, 1.54) is 6.07 Å². The summed E-state index contributed by atoms with van der Waals surface area (Å²) in [5, 5.41) is 1.64. The second-order valence-corrected chi connectivity index (χ2v) is 6.43. The van der Waals surface area contributed by atoms with Gasteiger partial charge in [-0.1, -0.05) is 41.4 Å². The summed E-state index contributed by atoms with van der Waals surface area (Å²) in [5.41, 5.74) is 0.678. The van der Waals surface area contributed by atoms with Gasteiger partial charge in [-0.3, -0.25) is 0 Å². The zero-order valence-corrected chi connectivity index (χ0v) is 14.2. The first kappa shape index (κ1) is 15.9. The topological polar surface area (TPSA) is 60.4 Å². The van der Waals surface area contributed by atoms with Crippen LogP contribution in [0.1, 0.15) is 11.1 Å². The molecule has 0 amide bonds. The van der Waals surface area contributed by atoms with Gasteiger partial charge in [-0.05, 0) is 35.9 Å². The van der Waals surface area contributed by atoms with Crippen LogP contribution in [0.15, 0.2) is 67.0 Å². The van der Waals surface area contributed by atoms with Crippen LogP contribution in [0, 0.1) is 0 Å². The van der Waals surface area contributed by atoms with Gasteiger partial charge >= 0.3 is 11.3 Å². The van der Waals surface area contributed by atoms with Gasteiger partial charge in [0.05, 0.1) is 15.4 Å². The third-order valence-corrected chi connectivity index (χ3v) is 4.69. The number of hydrogen-bond donors (Lipinski definition) is 0. The van der Waals surface area contributed by atoms with Crippen LogP contribution >= 0.6 is 23.2 Å². The monoisotopic (exact) mass is 372 g/mol. The Morgan fingerprint density at radius 1 is 0.800 bits per heavy atom. The summed E-state index contributed by atoms with van der Waals surface area (Å²) in [6.07, 6.45) is 0.265. The molecule has 0 spiro atoms. The highest BCUT2D eigenvalue weighted by Gasteiger charge is 2.14. The molecule has 0 atom stereocenters. The highest BCUT2D eigenvalue weighted by molar-refractivity contribution is 6.42. The molecule has 2 heterocycles. The lowest BCUT2D eigenvalue weighted by Gasteiger charge is -2.05. The molecule has 2 aromatic carbocycles. The molecule has 4 rings (SSSR count). The zero-order chi connectivity index (χ0) is 17.6. The van der Waals surface area contributed by atoms with E-state index in [2.05, 4.69) is 0 Å². The van der Waals surface area contributed by atoms with Crippen LogP contribution in [-0.4, -0.2) is 0 Å². The number of benzene rings is 2. The summed E-state index contributed by atoms with van der Waals surface area (Å²) in [7, 11) is 0. The van der Waals surface area contributed by atoms with Crippen molar-refractivity contribution < 1.29 is 8.83 Å². The highest BCUT2D eigenvalue weighted by Crippen LogP contribution is 2.25. The molecule has 0 unspecified atom stereocenters. The molecular weight excluding hydrogens is 363 g/mol. The minimum Gasteiger partial charge on any atom is -0.422 e. The van der Waals surface area contributed by atoms with E-state index in [1.807, 2.05) is 0 Å². The Labute approximate surface area is 151 Å². The molecular formula is C19H10Cl2O4. The van der Waals surface area contributed by atoms with Gasteiger partial charge in [0.1, 0.15) is 11.0 Å². The van der Waals surface area contributed by atoms with Crippen molar-refractivity contribution in [1.82, 2.24) is 0 Å². The number of rotatable bonds is 2. The van der Waals surface area contributed by atoms with E-state index < -0.39 is 11.3 Å². The van der Waals surface area contributed by atoms with E-state index in [1.54, 1.807) is 42.5 Å². The third kappa shape index (κ3) is 2.84. The molecule has 4 nitrogen and oxygen atoms in total. The van der Waals surface area contributed by atoms with E-state index >= 15 is 0 Å². The largest absolute Gasteiger partial charge is 0.422 e. The molecule has 0 bridgehead atoms. The molecule has 0 saturated carbocycles. The lowest BCUT2D eigenvalue weighted by Crippen LogP contribution is -2.11. The average Bonchev–Trinajstić information content (AvgIpc) is 2.59. The Kier molecular flexibility index (Phi) is 3.86. The standard InChI is InChI=1S/C19H10Cl2O4/c20-14-6-5-10(8-15(14)21)7-11-9-13-17(25-18(11)22)12-3-1-2-4-16(12)24-19(13)23/h1-6,8-9H,7H2. The van der Waals surface area contributed by atoms with Crippen LogP contribution in [0.25, 0.3) is 21.9 Å². The lowest BCUT2D eigenvalue weighted by atomic mass is 10.1. The summed E-state index contributed by atoms with van der Waals surface area (Å²) in [6, 6.07) is 13.5. The van der Waals surface area contributed by atoms with Crippen LogP contribution in [0.3, 0.4) is 0 Å². The Morgan fingerprint density at radius 2 is 1.60 bits per heavy atom. The first-order valence-electron chi connectivity index (χ1n) is 7.45. The van der Waals surface area contributed by atoms with Gasteiger partial charge in [0.15, 0.2) is 5.58 Å². The van der Waals surface area contributed by atoms with Gasteiger partial charge < -0.3 is 8.83 Å². The summed E-state index contributed by atoms with van der Waals surface area (Å²) in [6.45, 7) is 0. The maximum absolute atomic E-state index is 12.4. The van der Waals surface area contributed by atoms with Gasteiger partial charge in [0.25, 0.3) is 0 Å². The number of halogens is 2. The molecule has 25 heavy (non-hydrogen) atoms. The van der Waals surface area contributed by atoms with Crippen molar-refractivity contribution in [3.63, 3.8) is 0 Å². The van der Waals surface area contributed by atoms with E-state index in [0.717, 1.165) is 5.56 Å². The molecule has 0 saturated heterocycles. The fourth-order valence-corrected chi connectivity index (χ4v) is 3.08. The van der Waals surface area contributed by atoms with Crippen LogP contribution in [0.4, 0.5) is 0 Å². The molecule has 2 aromatic heterocycles. The molecule has 0 aliphatic rings. The molecule has 0 N–H and O–H groups in total. The van der Waals surface area contributed by atoms with E-state index in [4.69, 9.17) is 32.0 Å². The van der Waals surface area contributed by atoms with Crippen molar-refractivity contribution in [2.45, 2.75) is 6.42 Å². The van der Waals surface area contributed by atoms with Crippen LogP contribution in [0.5, 0.6) is 0 Å². The van der Waals surface area contributed by atoms with Crippen molar-refractivity contribution in [3.8, 4) is 0 Å². The van der Waals surface area contributed by atoms with Gasteiger partial charge in [0, 0.05) is 12.0 Å². The first-order chi connectivity index (χ1) is 12.0. The van der Waals surface area contributed by atoms with Gasteiger partial charge in [-0.25, -0.2) is 9.59 Å². The van der Waals surface area contributed by atoms with Crippen molar-refractivity contribution in [3.05, 3.63) is 90.5 Å². The van der Waals surface area contributed by atoms with Crippen LogP contribution in [0.2, 0.25) is 10.0 Å². The van der Waals surface area contributed by atoms with Gasteiger partial charge in [-0.15, -0.1) is 0 Å². The van der Waals surface area contributed by atoms with Crippen molar-refractivity contribution in [1.29, 1.82) is 0 Å². The molecule has 4 aromatic rings. The maximum Gasteiger partial charge on any atom is 0.347 e. The average molecular weight is 373 g/mol. The predicted octanol–water partition coefficient (Wildman–Crippen LogP) is 4.80.